The summed E-state index contributed by atoms with van der Waals surface area (Å²) in [5, 5.41) is 20.7. The Kier molecular flexibility index (Phi) is 7.23. The van der Waals surface area contributed by atoms with Gasteiger partial charge in [0.05, 0.1) is 18.2 Å². The van der Waals surface area contributed by atoms with Gasteiger partial charge in [-0.2, -0.15) is 5.10 Å². The lowest BCUT2D eigenvalue weighted by molar-refractivity contribution is -0.134. The number of aliphatic hydroxyl groups excluding tert-OH is 1. The molecule has 3 aliphatic carbocycles. The topological polar surface area (TPSA) is 102 Å². The average molecular weight is 548 g/mol. The van der Waals surface area contributed by atoms with Crippen LogP contribution in [0.4, 0.5) is 8.78 Å². The zero-order chi connectivity index (χ0) is 27.4. The van der Waals surface area contributed by atoms with Crippen molar-refractivity contribution in [1.82, 2.24) is 25.3 Å². The molecule has 6 rings (SSSR count). The molecule has 2 aliphatic heterocycles. The van der Waals surface area contributed by atoms with Crippen LogP contribution in [0.5, 0.6) is 0 Å². The van der Waals surface area contributed by atoms with Crippen molar-refractivity contribution in [3.8, 4) is 0 Å². The SMILES string of the molecule is CN(C(=O)c1n[nH]c2c1CN(C(=O)C1CC3C(F)CC(F)CC3(C3CCCCCCC3)N1)CC2)C1(CO)CC1. The highest BCUT2D eigenvalue weighted by Crippen LogP contribution is 2.51. The summed E-state index contributed by atoms with van der Waals surface area (Å²) in [4.78, 5) is 30.6. The normalized spacial score (nSPS) is 34.5. The van der Waals surface area contributed by atoms with Crippen LogP contribution in [-0.2, 0) is 17.8 Å². The Balaban J connectivity index is 1.21. The molecule has 1 aromatic rings. The van der Waals surface area contributed by atoms with E-state index in [0.29, 0.717) is 25.1 Å². The number of nitrogens with zero attached hydrogens (tertiary/aromatic N) is 3. The summed E-state index contributed by atoms with van der Waals surface area (Å²) in [5.41, 5.74) is 0.690. The fourth-order valence-corrected chi connectivity index (χ4v) is 8.21. The van der Waals surface area contributed by atoms with Gasteiger partial charge < -0.3 is 14.9 Å². The first kappa shape index (κ1) is 27.1. The molecule has 3 saturated carbocycles. The molecule has 0 aromatic carbocycles. The van der Waals surface area contributed by atoms with Crippen LogP contribution in [0.1, 0.15) is 98.8 Å². The standard InChI is InChI=1S/C29H43F2N5O3/c1-35(28(17-37)10-11-28)27(39)25-20-16-36(12-9-23(20)33-34-25)26(38)24-14-21-22(31)13-19(30)15-29(21,32-24)18-7-5-3-2-4-6-8-18/h18-19,21-22,24,32,37H,2-17H2,1H3,(H,33,34). The van der Waals surface area contributed by atoms with Gasteiger partial charge >= 0.3 is 0 Å². The first-order valence-electron chi connectivity index (χ1n) is 15.1. The highest BCUT2D eigenvalue weighted by Gasteiger charge is 2.59. The van der Waals surface area contributed by atoms with E-state index in [4.69, 9.17) is 0 Å². The summed E-state index contributed by atoms with van der Waals surface area (Å²) in [5.74, 6) is -0.517. The lowest BCUT2D eigenvalue weighted by Gasteiger charge is -2.48. The number of aliphatic hydroxyl groups is 1. The van der Waals surface area contributed by atoms with E-state index in [1.54, 1.807) is 16.8 Å². The molecule has 10 heteroatoms. The van der Waals surface area contributed by atoms with Gasteiger partial charge in [0.15, 0.2) is 5.69 Å². The Bertz CT molecular complexity index is 1080. The molecular formula is C29H43F2N5O3. The first-order chi connectivity index (χ1) is 18.8. The van der Waals surface area contributed by atoms with Crippen LogP contribution in [0, 0.1) is 11.8 Å². The number of nitrogens with one attached hydrogen (secondary N) is 2. The van der Waals surface area contributed by atoms with Gasteiger partial charge in [-0.15, -0.1) is 0 Å². The van der Waals surface area contributed by atoms with Crippen LogP contribution in [0.25, 0.3) is 0 Å². The van der Waals surface area contributed by atoms with Gasteiger partial charge in [-0.05, 0) is 44.4 Å². The Labute approximate surface area is 229 Å². The third kappa shape index (κ3) is 4.69. The smallest absolute Gasteiger partial charge is 0.274 e. The van der Waals surface area contributed by atoms with Crippen molar-refractivity contribution in [2.45, 2.75) is 119 Å². The van der Waals surface area contributed by atoms with Crippen LogP contribution >= 0.6 is 0 Å². The Morgan fingerprint density at radius 3 is 2.54 bits per heavy atom. The fourth-order valence-electron chi connectivity index (χ4n) is 8.21. The minimum atomic E-state index is -1.24. The van der Waals surface area contributed by atoms with Crippen molar-refractivity contribution in [2.75, 3.05) is 20.2 Å². The second kappa shape index (κ2) is 10.4. The monoisotopic (exact) mass is 547 g/mol. The van der Waals surface area contributed by atoms with E-state index in [1.165, 1.54) is 6.42 Å². The summed E-state index contributed by atoms with van der Waals surface area (Å²) in [6.45, 7) is 0.664. The van der Waals surface area contributed by atoms with Crippen molar-refractivity contribution in [3.05, 3.63) is 17.0 Å². The summed E-state index contributed by atoms with van der Waals surface area (Å²) in [6, 6.07) is -0.552. The number of likely N-dealkylation sites (N-methyl/N-ethyl adjacent to an activating group) is 1. The number of amides is 2. The van der Waals surface area contributed by atoms with Crippen LogP contribution in [-0.4, -0.2) is 86.6 Å². The maximum Gasteiger partial charge on any atom is 0.274 e. The van der Waals surface area contributed by atoms with Crippen molar-refractivity contribution in [3.63, 3.8) is 0 Å². The van der Waals surface area contributed by atoms with E-state index in [0.717, 1.165) is 62.6 Å². The second-order valence-electron chi connectivity index (χ2n) is 13.0. The van der Waals surface area contributed by atoms with Crippen molar-refractivity contribution >= 4 is 11.8 Å². The van der Waals surface area contributed by atoms with E-state index in [9.17, 15) is 19.1 Å². The molecule has 2 amide bonds. The molecule has 0 spiro atoms. The largest absolute Gasteiger partial charge is 0.394 e. The van der Waals surface area contributed by atoms with E-state index >= 15 is 4.39 Å². The molecule has 1 saturated heterocycles. The minimum absolute atomic E-state index is 0.0713. The number of H-pyrrole nitrogens is 1. The molecule has 0 radical (unpaired) electrons. The van der Waals surface area contributed by atoms with E-state index in [2.05, 4.69) is 15.5 Å². The van der Waals surface area contributed by atoms with Crippen LogP contribution in [0.15, 0.2) is 0 Å². The van der Waals surface area contributed by atoms with E-state index in [1.807, 2.05) is 0 Å². The van der Waals surface area contributed by atoms with Crippen molar-refractivity contribution in [2.24, 2.45) is 11.8 Å². The van der Waals surface area contributed by atoms with E-state index in [-0.39, 0.29) is 49.6 Å². The third-order valence-corrected chi connectivity index (χ3v) is 10.8. The van der Waals surface area contributed by atoms with Crippen LogP contribution < -0.4 is 5.32 Å². The quantitative estimate of drug-likeness (QED) is 0.524. The molecule has 3 N–H and O–H groups in total. The zero-order valence-electron chi connectivity index (χ0n) is 23.1. The summed E-state index contributed by atoms with van der Waals surface area (Å²) >= 11 is 0. The predicted molar refractivity (Wildman–Crippen MR) is 141 cm³/mol. The third-order valence-electron chi connectivity index (χ3n) is 10.8. The van der Waals surface area contributed by atoms with Crippen LogP contribution in [0.2, 0.25) is 0 Å². The van der Waals surface area contributed by atoms with Gasteiger partial charge in [-0.1, -0.05) is 32.1 Å². The Morgan fingerprint density at radius 1 is 1.13 bits per heavy atom. The fraction of sp³-hybridized carbons (Fsp3) is 0.828. The lowest BCUT2D eigenvalue weighted by atomic mass is 9.63. The van der Waals surface area contributed by atoms with Gasteiger partial charge in [0.2, 0.25) is 5.91 Å². The molecule has 8 nitrogen and oxygen atoms in total. The number of aromatic nitrogens is 2. The van der Waals surface area contributed by atoms with Gasteiger partial charge in [-0.25, -0.2) is 8.78 Å². The maximum atomic E-state index is 15.5. The van der Waals surface area contributed by atoms with E-state index < -0.39 is 29.5 Å². The molecule has 39 heavy (non-hydrogen) atoms. The Hall–Kier alpha value is -2.07. The van der Waals surface area contributed by atoms with Gasteiger partial charge in [-0.3, -0.25) is 20.0 Å². The lowest BCUT2D eigenvalue weighted by Crippen LogP contribution is -2.60. The minimum Gasteiger partial charge on any atom is -0.394 e. The molecule has 0 bridgehead atoms. The second-order valence-corrected chi connectivity index (χ2v) is 13.0. The van der Waals surface area contributed by atoms with Crippen LogP contribution in [0.3, 0.4) is 0 Å². The molecule has 3 heterocycles. The number of carbonyl (C=O) groups is 2. The van der Waals surface area contributed by atoms with Crippen molar-refractivity contribution < 1.29 is 23.5 Å². The molecule has 1 aromatic heterocycles. The van der Waals surface area contributed by atoms with Gasteiger partial charge in [0.1, 0.15) is 12.3 Å². The predicted octanol–water partition coefficient (Wildman–Crippen LogP) is 3.44. The molecular weight excluding hydrogens is 504 g/mol. The number of carbonyl (C=O) groups excluding carboxylic acids is 2. The highest BCUT2D eigenvalue weighted by atomic mass is 19.1. The molecule has 5 atom stereocenters. The summed E-state index contributed by atoms with van der Waals surface area (Å²) in [6.07, 6.45) is 7.86. The number of alkyl halides is 2. The molecule has 5 aliphatic rings. The number of halogens is 2. The average Bonchev–Trinajstić information content (AvgIpc) is 3.43. The Morgan fingerprint density at radius 2 is 1.85 bits per heavy atom. The maximum absolute atomic E-state index is 15.5. The zero-order valence-corrected chi connectivity index (χ0v) is 23.1. The van der Waals surface area contributed by atoms with Gasteiger partial charge in [0, 0.05) is 55.7 Å². The molecule has 216 valence electrons. The number of hydrogen-bond acceptors (Lipinski definition) is 5. The molecule has 5 unspecified atom stereocenters. The number of hydrogen-bond donors (Lipinski definition) is 3. The van der Waals surface area contributed by atoms with Gasteiger partial charge in [0.25, 0.3) is 5.91 Å². The van der Waals surface area contributed by atoms with Crippen molar-refractivity contribution in [1.29, 1.82) is 0 Å². The number of fused-ring (bicyclic) bond motifs is 2. The molecule has 4 fully saturated rings. The highest BCUT2D eigenvalue weighted by molar-refractivity contribution is 5.95. The number of aromatic amines is 1. The summed E-state index contributed by atoms with van der Waals surface area (Å²) < 4.78 is 30.4. The summed E-state index contributed by atoms with van der Waals surface area (Å²) in [7, 11) is 1.70. The number of rotatable bonds is 5. The first-order valence-corrected chi connectivity index (χ1v) is 15.1.